The average Bonchev–Trinajstić information content (AvgIpc) is 3.06. The van der Waals surface area contributed by atoms with Crippen molar-refractivity contribution in [1.82, 2.24) is 14.8 Å². The molecule has 0 unspecified atom stereocenters. The summed E-state index contributed by atoms with van der Waals surface area (Å²) in [6.07, 6.45) is 4.97. The van der Waals surface area contributed by atoms with Crippen LogP contribution < -0.4 is 10.1 Å². The third kappa shape index (κ3) is 9.12. The van der Waals surface area contributed by atoms with E-state index < -0.39 is 6.04 Å². The minimum absolute atomic E-state index is 0.108. The Labute approximate surface area is 265 Å². The van der Waals surface area contributed by atoms with Gasteiger partial charge in [0.2, 0.25) is 0 Å². The van der Waals surface area contributed by atoms with Crippen LogP contribution >= 0.6 is 0 Å². The molecule has 0 spiro atoms. The first-order chi connectivity index (χ1) is 21.7. The number of nitrogens with zero attached hydrogens (tertiary/aromatic N) is 3. The number of ether oxygens (including phenoxy) is 2. The van der Waals surface area contributed by atoms with Gasteiger partial charge in [0.05, 0.1) is 30.4 Å². The Bertz CT molecular complexity index is 1420. The summed E-state index contributed by atoms with van der Waals surface area (Å²) in [5, 5.41) is 13.1. The Kier molecular flexibility index (Phi) is 12.1. The van der Waals surface area contributed by atoms with Crippen LogP contribution in [0.2, 0.25) is 0 Å². The Morgan fingerprint density at radius 3 is 2.51 bits per heavy atom. The number of benzene rings is 2. The van der Waals surface area contributed by atoms with E-state index in [0.717, 1.165) is 19.3 Å². The Morgan fingerprint density at radius 2 is 1.80 bits per heavy atom. The van der Waals surface area contributed by atoms with Crippen LogP contribution in [0.3, 0.4) is 0 Å². The van der Waals surface area contributed by atoms with Crippen LogP contribution in [0.15, 0.2) is 73.1 Å². The standard InChI is InChI=1S/C35H44N4O6/c1-24-21-39(25(2)23-40)35(43)30-20-29(37-33(41)27-15-17-36-18-16-27)13-14-31(30)45-26(3)10-8-9-19-44-32(24)22-38(4)34(42)28-11-6-5-7-12-28/h5-7,11-18,20,24-26,32,40H,8-10,19,21-23H2,1-4H3,(H,37,41)/t24-,25+,26-,32-/m0/s1. The van der Waals surface area contributed by atoms with Crippen LogP contribution in [-0.2, 0) is 4.74 Å². The molecule has 10 nitrogen and oxygen atoms in total. The van der Waals surface area contributed by atoms with Gasteiger partial charge in [-0.3, -0.25) is 19.4 Å². The van der Waals surface area contributed by atoms with Gasteiger partial charge < -0.3 is 29.7 Å². The Hall–Kier alpha value is -4.28. The lowest BCUT2D eigenvalue weighted by Crippen LogP contribution is -2.48. The highest BCUT2D eigenvalue weighted by molar-refractivity contribution is 6.05. The van der Waals surface area contributed by atoms with Crippen molar-refractivity contribution in [2.24, 2.45) is 5.92 Å². The van der Waals surface area contributed by atoms with Gasteiger partial charge in [0.15, 0.2) is 0 Å². The van der Waals surface area contributed by atoms with Gasteiger partial charge in [-0.1, -0.05) is 25.1 Å². The predicted molar refractivity (Wildman–Crippen MR) is 172 cm³/mol. The number of pyridine rings is 1. The molecule has 4 rings (SSSR count). The van der Waals surface area contributed by atoms with Gasteiger partial charge in [-0.2, -0.15) is 0 Å². The highest BCUT2D eigenvalue weighted by atomic mass is 16.5. The highest BCUT2D eigenvalue weighted by Gasteiger charge is 2.31. The topological polar surface area (TPSA) is 121 Å². The summed E-state index contributed by atoms with van der Waals surface area (Å²) in [5.74, 6) is -0.549. The van der Waals surface area contributed by atoms with Gasteiger partial charge in [-0.15, -0.1) is 0 Å². The molecule has 1 aliphatic heterocycles. The van der Waals surface area contributed by atoms with Crippen molar-refractivity contribution in [2.75, 3.05) is 38.7 Å². The minimum atomic E-state index is -0.516. The second-order valence-electron chi connectivity index (χ2n) is 11.8. The molecule has 1 aliphatic rings. The number of fused-ring (bicyclic) bond motifs is 1. The number of aliphatic hydroxyl groups is 1. The van der Waals surface area contributed by atoms with Gasteiger partial charge in [0.1, 0.15) is 5.75 Å². The Balaban J connectivity index is 1.63. The van der Waals surface area contributed by atoms with E-state index in [2.05, 4.69) is 10.3 Å². The number of hydrogen-bond acceptors (Lipinski definition) is 7. The SMILES string of the molecule is C[C@H](CO)N1C[C@H](C)[C@H](CN(C)C(=O)c2ccccc2)OCCCC[C@H](C)Oc2ccc(NC(=O)c3ccncc3)cc2C1=O. The van der Waals surface area contributed by atoms with Crippen molar-refractivity contribution in [1.29, 1.82) is 0 Å². The number of carbonyl (C=O) groups is 3. The number of likely N-dealkylation sites (N-methyl/N-ethyl adjacent to an activating group) is 1. The summed E-state index contributed by atoms with van der Waals surface area (Å²) in [6.45, 7) is 6.60. The van der Waals surface area contributed by atoms with Crippen molar-refractivity contribution in [3.63, 3.8) is 0 Å². The molecular formula is C35H44N4O6. The van der Waals surface area contributed by atoms with Crippen molar-refractivity contribution in [3.05, 3.63) is 89.7 Å². The van der Waals surface area contributed by atoms with Crippen molar-refractivity contribution in [3.8, 4) is 5.75 Å². The fraction of sp³-hybridized carbons (Fsp3) is 0.429. The van der Waals surface area contributed by atoms with E-state index in [1.165, 1.54) is 0 Å². The summed E-state index contributed by atoms with van der Waals surface area (Å²) in [5.41, 5.74) is 1.75. The van der Waals surface area contributed by atoms with Crippen molar-refractivity contribution < 1.29 is 29.0 Å². The summed E-state index contributed by atoms with van der Waals surface area (Å²) in [7, 11) is 1.76. The molecule has 2 N–H and O–H groups in total. The molecule has 0 fully saturated rings. The number of hydrogen-bond donors (Lipinski definition) is 2. The quantitative estimate of drug-likeness (QED) is 0.387. The molecule has 10 heteroatoms. The van der Waals surface area contributed by atoms with E-state index in [1.807, 2.05) is 32.0 Å². The van der Waals surface area contributed by atoms with Crippen LogP contribution in [0.25, 0.3) is 0 Å². The summed E-state index contributed by atoms with van der Waals surface area (Å²) < 4.78 is 12.6. The number of aliphatic hydroxyl groups excluding tert-OH is 1. The molecule has 4 atom stereocenters. The smallest absolute Gasteiger partial charge is 0.258 e. The third-order valence-electron chi connectivity index (χ3n) is 8.07. The predicted octanol–water partition coefficient (Wildman–Crippen LogP) is 4.90. The van der Waals surface area contributed by atoms with Crippen LogP contribution in [0.4, 0.5) is 5.69 Å². The van der Waals surface area contributed by atoms with Crippen molar-refractivity contribution in [2.45, 2.75) is 58.3 Å². The first-order valence-corrected chi connectivity index (χ1v) is 15.5. The van der Waals surface area contributed by atoms with E-state index in [-0.39, 0.29) is 54.6 Å². The van der Waals surface area contributed by atoms with E-state index in [0.29, 0.717) is 35.7 Å². The van der Waals surface area contributed by atoms with Gasteiger partial charge >= 0.3 is 0 Å². The molecule has 0 saturated carbocycles. The van der Waals surface area contributed by atoms with E-state index >= 15 is 0 Å². The molecule has 0 radical (unpaired) electrons. The molecule has 3 aromatic rings. The molecule has 2 heterocycles. The molecule has 2 aromatic carbocycles. The number of anilines is 1. The van der Waals surface area contributed by atoms with Gasteiger partial charge in [-0.25, -0.2) is 0 Å². The minimum Gasteiger partial charge on any atom is -0.490 e. The molecule has 45 heavy (non-hydrogen) atoms. The zero-order valence-electron chi connectivity index (χ0n) is 26.5. The number of aromatic nitrogens is 1. The molecule has 1 aromatic heterocycles. The van der Waals surface area contributed by atoms with Crippen LogP contribution in [0.1, 0.15) is 71.1 Å². The van der Waals surface area contributed by atoms with E-state index in [9.17, 15) is 19.5 Å². The average molecular weight is 617 g/mol. The summed E-state index contributed by atoms with van der Waals surface area (Å²) >= 11 is 0. The first kappa shape index (κ1) is 33.6. The number of nitrogens with one attached hydrogen (secondary N) is 1. The lowest BCUT2D eigenvalue weighted by Gasteiger charge is -2.36. The fourth-order valence-electron chi connectivity index (χ4n) is 5.32. The second-order valence-corrected chi connectivity index (χ2v) is 11.8. The largest absolute Gasteiger partial charge is 0.490 e. The van der Waals surface area contributed by atoms with Gasteiger partial charge in [-0.05, 0) is 75.6 Å². The first-order valence-electron chi connectivity index (χ1n) is 15.5. The maximum atomic E-state index is 14.3. The second kappa shape index (κ2) is 16.2. The number of rotatable bonds is 7. The molecule has 0 bridgehead atoms. The lowest BCUT2D eigenvalue weighted by atomic mass is 10.0. The fourth-order valence-corrected chi connectivity index (χ4v) is 5.32. The monoisotopic (exact) mass is 616 g/mol. The van der Waals surface area contributed by atoms with Crippen molar-refractivity contribution >= 4 is 23.4 Å². The molecule has 3 amide bonds. The van der Waals surface area contributed by atoms with E-state index in [1.54, 1.807) is 78.6 Å². The lowest BCUT2D eigenvalue weighted by molar-refractivity contribution is -0.0149. The summed E-state index contributed by atoms with van der Waals surface area (Å²) in [4.78, 5) is 47.6. The molecule has 0 saturated heterocycles. The number of carbonyl (C=O) groups excluding carboxylic acids is 3. The maximum absolute atomic E-state index is 14.3. The van der Waals surface area contributed by atoms with Crippen LogP contribution in [0.5, 0.6) is 5.75 Å². The summed E-state index contributed by atoms with van der Waals surface area (Å²) in [6, 6.07) is 16.9. The van der Waals surface area contributed by atoms with Gasteiger partial charge in [0.25, 0.3) is 17.7 Å². The maximum Gasteiger partial charge on any atom is 0.258 e. The molecule has 0 aliphatic carbocycles. The number of amides is 3. The third-order valence-corrected chi connectivity index (χ3v) is 8.07. The molecular weight excluding hydrogens is 572 g/mol. The molecule has 240 valence electrons. The zero-order chi connectivity index (χ0) is 32.3. The van der Waals surface area contributed by atoms with E-state index in [4.69, 9.17) is 9.47 Å². The zero-order valence-corrected chi connectivity index (χ0v) is 26.5. The highest BCUT2D eigenvalue weighted by Crippen LogP contribution is 2.29. The normalized spacial score (nSPS) is 20.2. The Morgan fingerprint density at radius 1 is 1.07 bits per heavy atom. The van der Waals surface area contributed by atoms with Crippen LogP contribution in [0, 0.1) is 5.92 Å². The van der Waals surface area contributed by atoms with Crippen LogP contribution in [-0.4, -0.2) is 89.2 Å². The van der Waals surface area contributed by atoms with Gasteiger partial charge in [0, 0.05) is 61.9 Å².